The van der Waals surface area contributed by atoms with Gasteiger partial charge in [0, 0.05) is 33.1 Å². The minimum atomic E-state index is -0.0487. The summed E-state index contributed by atoms with van der Waals surface area (Å²) in [5.74, 6) is 0. The van der Waals surface area contributed by atoms with E-state index in [4.69, 9.17) is 4.42 Å². The number of rotatable bonds is 5. The molecule has 9 aromatic rings. The first-order chi connectivity index (χ1) is 25.0. The maximum atomic E-state index is 6.42. The van der Waals surface area contributed by atoms with Crippen LogP contribution < -0.4 is 4.90 Å². The van der Waals surface area contributed by atoms with E-state index >= 15 is 0 Å². The minimum absolute atomic E-state index is 0.0487. The van der Waals surface area contributed by atoms with E-state index in [1.807, 2.05) is 0 Å². The molecular weight excluding hydrogens is 619 g/mol. The molecule has 1 heterocycles. The summed E-state index contributed by atoms with van der Waals surface area (Å²) in [7, 11) is 0. The molecule has 0 fully saturated rings. The Balaban J connectivity index is 1.10. The van der Waals surface area contributed by atoms with Crippen LogP contribution in [0.4, 0.5) is 17.1 Å². The predicted molar refractivity (Wildman–Crippen MR) is 214 cm³/mol. The maximum absolute atomic E-state index is 6.42. The van der Waals surface area contributed by atoms with Crippen molar-refractivity contribution in [3.05, 3.63) is 187 Å². The highest BCUT2D eigenvalue weighted by Gasteiger charge is 2.35. The van der Waals surface area contributed by atoms with Gasteiger partial charge in [-0.1, -0.05) is 141 Å². The van der Waals surface area contributed by atoms with Crippen LogP contribution in [-0.2, 0) is 5.41 Å². The Morgan fingerprint density at radius 1 is 0.431 bits per heavy atom. The van der Waals surface area contributed by atoms with Gasteiger partial charge < -0.3 is 9.32 Å². The van der Waals surface area contributed by atoms with Crippen LogP contribution in [0.25, 0.3) is 66.1 Å². The summed E-state index contributed by atoms with van der Waals surface area (Å²) in [6.45, 7) is 4.67. The van der Waals surface area contributed by atoms with Crippen LogP contribution >= 0.6 is 0 Å². The van der Waals surface area contributed by atoms with Crippen molar-refractivity contribution in [1.29, 1.82) is 0 Å². The van der Waals surface area contributed by atoms with Crippen molar-refractivity contribution in [2.75, 3.05) is 4.90 Å². The fraction of sp³-hybridized carbons (Fsp3) is 0.0612. The monoisotopic (exact) mass is 653 g/mol. The number of hydrogen-bond donors (Lipinski definition) is 0. The molecule has 0 radical (unpaired) electrons. The molecule has 1 aromatic heterocycles. The van der Waals surface area contributed by atoms with Crippen molar-refractivity contribution in [2.45, 2.75) is 19.3 Å². The van der Waals surface area contributed by atoms with E-state index < -0.39 is 0 Å². The zero-order valence-corrected chi connectivity index (χ0v) is 28.6. The summed E-state index contributed by atoms with van der Waals surface area (Å²) in [4.78, 5) is 2.41. The third kappa shape index (κ3) is 4.64. The molecular formula is C49H35NO. The first-order valence-corrected chi connectivity index (χ1v) is 17.7. The van der Waals surface area contributed by atoms with Crippen molar-refractivity contribution in [1.82, 2.24) is 0 Å². The number of benzene rings is 8. The highest BCUT2D eigenvalue weighted by Crippen LogP contribution is 2.51. The largest absolute Gasteiger partial charge is 0.456 e. The van der Waals surface area contributed by atoms with Gasteiger partial charge >= 0.3 is 0 Å². The van der Waals surface area contributed by atoms with Gasteiger partial charge in [-0.25, -0.2) is 0 Å². The lowest BCUT2D eigenvalue weighted by atomic mass is 9.82. The Bertz CT molecular complexity index is 2770. The molecule has 1 aliphatic rings. The molecule has 1 aliphatic carbocycles. The molecule has 0 atom stereocenters. The molecule has 0 amide bonds. The maximum Gasteiger partial charge on any atom is 0.136 e. The normalized spacial score (nSPS) is 13.1. The van der Waals surface area contributed by atoms with E-state index in [-0.39, 0.29) is 5.41 Å². The second-order valence-corrected chi connectivity index (χ2v) is 14.1. The van der Waals surface area contributed by atoms with Gasteiger partial charge in [-0.05, 0) is 98.2 Å². The van der Waals surface area contributed by atoms with Crippen molar-refractivity contribution in [3.8, 4) is 33.4 Å². The van der Waals surface area contributed by atoms with Gasteiger partial charge in [0.1, 0.15) is 11.2 Å². The molecule has 0 N–H and O–H groups in total. The Kier molecular flexibility index (Phi) is 6.56. The van der Waals surface area contributed by atoms with Gasteiger partial charge in [-0.2, -0.15) is 0 Å². The summed E-state index contributed by atoms with van der Waals surface area (Å²) in [6.07, 6.45) is 0. The second-order valence-electron chi connectivity index (χ2n) is 14.1. The average Bonchev–Trinajstić information content (AvgIpc) is 3.67. The van der Waals surface area contributed by atoms with Crippen molar-refractivity contribution < 1.29 is 4.42 Å². The lowest BCUT2D eigenvalue weighted by molar-refractivity contribution is 0.660. The minimum Gasteiger partial charge on any atom is -0.456 e. The molecule has 51 heavy (non-hydrogen) atoms. The molecule has 2 heteroatoms. The van der Waals surface area contributed by atoms with Crippen LogP contribution in [0, 0.1) is 0 Å². The Hall–Kier alpha value is -6.38. The molecule has 0 bridgehead atoms. The number of anilines is 3. The summed E-state index contributed by atoms with van der Waals surface area (Å²) in [6, 6.07) is 63.6. The fourth-order valence-electron chi connectivity index (χ4n) is 8.33. The average molecular weight is 654 g/mol. The van der Waals surface area contributed by atoms with Gasteiger partial charge in [-0.15, -0.1) is 0 Å². The number of hydrogen-bond acceptors (Lipinski definition) is 2. The van der Waals surface area contributed by atoms with Crippen molar-refractivity contribution in [3.63, 3.8) is 0 Å². The van der Waals surface area contributed by atoms with Gasteiger partial charge in [-0.3, -0.25) is 0 Å². The molecule has 0 unspecified atom stereocenters. The molecule has 0 saturated heterocycles. The van der Waals surface area contributed by atoms with Crippen LogP contribution in [0.2, 0.25) is 0 Å². The van der Waals surface area contributed by atoms with E-state index in [0.717, 1.165) is 44.7 Å². The molecule has 0 aliphatic heterocycles. The quantitative estimate of drug-likeness (QED) is 0.184. The second kappa shape index (κ2) is 11.3. The Labute approximate surface area is 297 Å². The van der Waals surface area contributed by atoms with Gasteiger partial charge in [0.25, 0.3) is 0 Å². The highest BCUT2D eigenvalue weighted by atomic mass is 16.3. The van der Waals surface area contributed by atoms with E-state index in [0.29, 0.717) is 0 Å². The number of nitrogens with zero attached hydrogens (tertiary/aromatic N) is 1. The molecule has 0 spiro atoms. The fourth-order valence-corrected chi connectivity index (χ4v) is 8.33. The highest BCUT2D eigenvalue weighted by molar-refractivity contribution is 6.19. The third-order valence-corrected chi connectivity index (χ3v) is 10.9. The Morgan fingerprint density at radius 2 is 1.12 bits per heavy atom. The summed E-state index contributed by atoms with van der Waals surface area (Å²) >= 11 is 0. The Morgan fingerprint density at radius 3 is 1.98 bits per heavy atom. The zero-order valence-electron chi connectivity index (χ0n) is 28.6. The first-order valence-electron chi connectivity index (χ1n) is 17.7. The zero-order chi connectivity index (χ0) is 34.1. The summed E-state index contributed by atoms with van der Waals surface area (Å²) in [5.41, 5.74) is 15.2. The summed E-state index contributed by atoms with van der Waals surface area (Å²) in [5, 5.41) is 4.77. The van der Waals surface area contributed by atoms with Crippen molar-refractivity contribution >= 4 is 49.8 Å². The molecule has 10 rings (SSSR count). The first kappa shape index (κ1) is 29.5. The molecule has 2 nitrogen and oxygen atoms in total. The standard InChI is InChI=1S/C49H35NO/c1-49(2)43-18-10-8-17-40(43)42-31-37(26-28-44(42)49)50(45-19-11-9-15-38(45)33-12-4-3-5-13-33)36-24-20-32(21-25-36)35-22-27-41-47(30-35)51-46-29-23-34-14-6-7-16-39(34)48(41)46/h3-31H,1-2H3. The van der Waals surface area contributed by atoms with Crippen molar-refractivity contribution in [2.24, 2.45) is 0 Å². The van der Waals surface area contributed by atoms with Gasteiger partial charge in [0.05, 0.1) is 5.69 Å². The lowest BCUT2D eigenvalue weighted by Crippen LogP contribution is -2.15. The van der Waals surface area contributed by atoms with E-state index in [1.54, 1.807) is 0 Å². The predicted octanol–water partition coefficient (Wildman–Crippen LogP) is 13.8. The number of para-hydroxylation sites is 1. The van der Waals surface area contributed by atoms with Gasteiger partial charge in [0.15, 0.2) is 0 Å². The van der Waals surface area contributed by atoms with Crippen LogP contribution in [0.15, 0.2) is 180 Å². The topological polar surface area (TPSA) is 16.4 Å². The van der Waals surface area contributed by atoms with Crippen LogP contribution in [0.1, 0.15) is 25.0 Å². The number of fused-ring (bicyclic) bond motifs is 8. The van der Waals surface area contributed by atoms with Crippen LogP contribution in [-0.4, -0.2) is 0 Å². The molecule has 0 saturated carbocycles. The number of furan rings is 1. The lowest BCUT2D eigenvalue weighted by Gasteiger charge is -2.29. The van der Waals surface area contributed by atoms with E-state index in [1.165, 1.54) is 49.5 Å². The smallest absolute Gasteiger partial charge is 0.136 e. The molecule has 8 aromatic carbocycles. The van der Waals surface area contributed by atoms with Crippen LogP contribution in [0.3, 0.4) is 0 Å². The van der Waals surface area contributed by atoms with E-state index in [2.05, 4.69) is 195 Å². The molecule has 242 valence electrons. The van der Waals surface area contributed by atoms with E-state index in [9.17, 15) is 0 Å². The third-order valence-electron chi connectivity index (χ3n) is 10.9. The summed E-state index contributed by atoms with van der Waals surface area (Å²) < 4.78 is 6.42. The SMILES string of the molecule is CC1(C)c2ccccc2-c2cc(N(c3ccc(-c4ccc5c(c4)oc4ccc6ccccc6c45)cc3)c3ccccc3-c3ccccc3)ccc21. The van der Waals surface area contributed by atoms with Gasteiger partial charge in [0.2, 0.25) is 0 Å². The van der Waals surface area contributed by atoms with Crippen LogP contribution in [0.5, 0.6) is 0 Å².